The van der Waals surface area contributed by atoms with Gasteiger partial charge in [-0.05, 0) is 18.6 Å². The first-order chi connectivity index (χ1) is 13.2. The van der Waals surface area contributed by atoms with E-state index in [1.165, 1.54) is 20.2 Å². The summed E-state index contributed by atoms with van der Waals surface area (Å²) in [5.74, 6) is -2.02. The van der Waals surface area contributed by atoms with E-state index in [1.807, 2.05) is 0 Å². The highest BCUT2D eigenvalue weighted by Gasteiger charge is 2.34. The molecule has 0 saturated heterocycles. The predicted molar refractivity (Wildman–Crippen MR) is 97.9 cm³/mol. The highest BCUT2D eigenvalue weighted by molar-refractivity contribution is 5.94. The lowest BCUT2D eigenvalue weighted by atomic mass is 9.86. The highest BCUT2D eigenvalue weighted by Crippen LogP contribution is 2.42. The summed E-state index contributed by atoms with van der Waals surface area (Å²) in [7, 11) is 2.72. The molecule has 1 atom stereocenters. The molecule has 1 aliphatic rings. The quantitative estimate of drug-likeness (QED) is 0.573. The molecule has 11 heteroatoms. The molecule has 1 amide bonds. The lowest BCUT2D eigenvalue weighted by molar-refractivity contribution is -0.386. The Hall–Kier alpha value is -3.63. The molecule has 0 fully saturated rings. The van der Waals surface area contributed by atoms with Crippen LogP contribution in [-0.4, -0.2) is 31.7 Å². The van der Waals surface area contributed by atoms with Crippen molar-refractivity contribution in [2.24, 2.45) is 14.1 Å². The number of ether oxygens (including phenoxy) is 1. The lowest BCUT2D eigenvalue weighted by Crippen LogP contribution is -2.44. The molecule has 2 N–H and O–H groups in total. The van der Waals surface area contributed by atoms with Crippen molar-refractivity contribution in [2.45, 2.75) is 19.3 Å². The van der Waals surface area contributed by atoms with Gasteiger partial charge in [0.25, 0.3) is 5.56 Å². The SMILES string of the molecule is CCOc1cc(C2CC(=O)Nc3c2c(=O)n(C)c(=O)n3C)cc([N+](=O)[O-])c1O. The zero-order chi connectivity index (χ0) is 20.7. The van der Waals surface area contributed by atoms with Gasteiger partial charge in [0, 0.05) is 32.5 Å². The van der Waals surface area contributed by atoms with Crippen LogP contribution in [0, 0.1) is 10.1 Å². The van der Waals surface area contributed by atoms with Gasteiger partial charge >= 0.3 is 11.4 Å². The number of hydrogen-bond acceptors (Lipinski definition) is 7. The number of carbonyl (C=O) groups is 1. The van der Waals surface area contributed by atoms with Gasteiger partial charge in [0.1, 0.15) is 5.82 Å². The maximum absolute atomic E-state index is 12.8. The number of phenols is 1. The van der Waals surface area contributed by atoms with Crippen molar-refractivity contribution in [3.8, 4) is 11.5 Å². The molecular weight excluding hydrogens is 372 g/mol. The number of nitrogens with zero attached hydrogens (tertiary/aromatic N) is 3. The number of amides is 1. The Kier molecular flexibility index (Phi) is 4.67. The fraction of sp³-hybridized carbons (Fsp3) is 0.353. The zero-order valence-corrected chi connectivity index (χ0v) is 15.4. The second kappa shape index (κ2) is 6.83. The molecular formula is C17H18N4O7. The van der Waals surface area contributed by atoms with Gasteiger partial charge < -0.3 is 15.2 Å². The summed E-state index contributed by atoms with van der Waals surface area (Å²) in [5, 5.41) is 23.9. The summed E-state index contributed by atoms with van der Waals surface area (Å²) in [6.45, 7) is 1.79. The molecule has 2 aromatic rings. The number of fused-ring (bicyclic) bond motifs is 1. The molecule has 1 aromatic carbocycles. The summed E-state index contributed by atoms with van der Waals surface area (Å²) in [4.78, 5) is 47.7. The van der Waals surface area contributed by atoms with E-state index in [0.29, 0.717) is 0 Å². The number of nitro groups is 1. The summed E-state index contributed by atoms with van der Waals surface area (Å²) >= 11 is 0. The highest BCUT2D eigenvalue weighted by atomic mass is 16.6. The molecule has 0 spiro atoms. The Morgan fingerprint density at radius 2 is 1.96 bits per heavy atom. The average molecular weight is 390 g/mol. The number of phenolic OH excluding ortho intramolecular Hbond substituents is 1. The van der Waals surface area contributed by atoms with Crippen LogP contribution in [0.5, 0.6) is 11.5 Å². The molecule has 28 heavy (non-hydrogen) atoms. The van der Waals surface area contributed by atoms with Crippen LogP contribution >= 0.6 is 0 Å². The minimum absolute atomic E-state index is 0.0445. The summed E-state index contributed by atoms with van der Waals surface area (Å²) in [6, 6.07) is 2.47. The lowest BCUT2D eigenvalue weighted by Gasteiger charge is -2.27. The number of benzene rings is 1. The Morgan fingerprint density at radius 1 is 1.29 bits per heavy atom. The number of nitro benzene ring substituents is 1. The molecule has 1 aliphatic heterocycles. The smallest absolute Gasteiger partial charge is 0.332 e. The van der Waals surface area contributed by atoms with E-state index in [1.54, 1.807) is 6.92 Å². The van der Waals surface area contributed by atoms with Crippen LogP contribution in [0.3, 0.4) is 0 Å². The number of anilines is 1. The van der Waals surface area contributed by atoms with Crippen LogP contribution in [0.15, 0.2) is 21.7 Å². The van der Waals surface area contributed by atoms with Gasteiger partial charge in [-0.15, -0.1) is 0 Å². The number of hydrogen-bond donors (Lipinski definition) is 2. The molecule has 3 rings (SSSR count). The van der Waals surface area contributed by atoms with E-state index in [2.05, 4.69) is 5.32 Å². The number of aromatic hydroxyl groups is 1. The van der Waals surface area contributed by atoms with Gasteiger partial charge in [0.05, 0.1) is 17.1 Å². The second-order valence-electron chi connectivity index (χ2n) is 6.35. The van der Waals surface area contributed by atoms with E-state index in [9.17, 15) is 29.6 Å². The molecule has 0 aliphatic carbocycles. The minimum atomic E-state index is -0.854. The monoisotopic (exact) mass is 390 g/mol. The van der Waals surface area contributed by atoms with Crippen LogP contribution in [0.2, 0.25) is 0 Å². The first kappa shape index (κ1) is 19.1. The van der Waals surface area contributed by atoms with Crippen LogP contribution < -0.4 is 21.3 Å². The van der Waals surface area contributed by atoms with Crippen LogP contribution in [-0.2, 0) is 18.9 Å². The number of rotatable bonds is 4. The molecule has 2 heterocycles. The van der Waals surface area contributed by atoms with E-state index in [0.717, 1.165) is 15.2 Å². The van der Waals surface area contributed by atoms with Gasteiger partial charge in [-0.25, -0.2) is 4.79 Å². The third-order valence-corrected chi connectivity index (χ3v) is 4.67. The fourth-order valence-electron chi connectivity index (χ4n) is 3.31. The topological polar surface area (TPSA) is 146 Å². The summed E-state index contributed by atoms with van der Waals surface area (Å²) < 4.78 is 7.32. The maximum Gasteiger partial charge on any atom is 0.332 e. The number of nitrogens with one attached hydrogen (secondary N) is 1. The maximum atomic E-state index is 12.8. The standard InChI is InChI=1S/C17H18N4O7/c1-4-28-11-6-8(5-10(14(11)23)21(26)27)9-7-12(22)18-15-13(9)16(24)20(3)17(25)19(15)2/h5-6,9,23H,4,7H2,1-3H3,(H,18,22). The van der Waals surface area contributed by atoms with Crippen molar-refractivity contribution in [3.05, 3.63) is 54.2 Å². The van der Waals surface area contributed by atoms with Gasteiger partial charge in [0.15, 0.2) is 5.75 Å². The van der Waals surface area contributed by atoms with Crippen molar-refractivity contribution in [2.75, 3.05) is 11.9 Å². The fourth-order valence-corrected chi connectivity index (χ4v) is 3.31. The third-order valence-electron chi connectivity index (χ3n) is 4.67. The molecule has 11 nitrogen and oxygen atoms in total. The van der Waals surface area contributed by atoms with Crippen molar-refractivity contribution in [3.63, 3.8) is 0 Å². The third kappa shape index (κ3) is 2.90. The summed E-state index contributed by atoms with van der Waals surface area (Å²) in [5.41, 5.74) is -1.45. The van der Waals surface area contributed by atoms with Crippen molar-refractivity contribution < 1.29 is 19.6 Å². The van der Waals surface area contributed by atoms with Crippen LogP contribution in [0.1, 0.15) is 30.4 Å². The average Bonchev–Trinajstić information content (AvgIpc) is 2.65. The number of carbonyl (C=O) groups excluding carboxylic acids is 1. The normalized spacial score (nSPS) is 15.7. The molecule has 1 aromatic heterocycles. The first-order valence-electron chi connectivity index (χ1n) is 8.41. The Bertz CT molecular complexity index is 1120. The van der Waals surface area contributed by atoms with E-state index in [4.69, 9.17) is 4.74 Å². The first-order valence-corrected chi connectivity index (χ1v) is 8.41. The van der Waals surface area contributed by atoms with Gasteiger partial charge in [0.2, 0.25) is 11.7 Å². The van der Waals surface area contributed by atoms with Gasteiger partial charge in [-0.2, -0.15) is 0 Å². The number of aromatic nitrogens is 2. The summed E-state index contributed by atoms with van der Waals surface area (Å²) in [6.07, 6.45) is -0.159. The predicted octanol–water partition coefficient (Wildman–Crippen LogP) is 0.571. The molecule has 0 saturated carbocycles. The molecule has 0 bridgehead atoms. The Morgan fingerprint density at radius 3 is 2.57 bits per heavy atom. The molecule has 0 radical (unpaired) electrons. The molecule has 148 valence electrons. The Labute approximate surface area is 157 Å². The Balaban J connectivity index is 2.33. The largest absolute Gasteiger partial charge is 0.500 e. The van der Waals surface area contributed by atoms with Crippen molar-refractivity contribution in [1.29, 1.82) is 0 Å². The molecule has 1 unspecified atom stereocenters. The van der Waals surface area contributed by atoms with E-state index in [-0.39, 0.29) is 35.7 Å². The minimum Gasteiger partial charge on any atom is -0.500 e. The van der Waals surface area contributed by atoms with Crippen molar-refractivity contribution >= 4 is 17.4 Å². The van der Waals surface area contributed by atoms with Crippen LogP contribution in [0.25, 0.3) is 0 Å². The van der Waals surface area contributed by atoms with E-state index < -0.39 is 39.4 Å². The van der Waals surface area contributed by atoms with Gasteiger partial charge in [-0.1, -0.05) is 0 Å². The van der Waals surface area contributed by atoms with Crippen molar-refractivity contribution in [1.82, 2.24) is 9.13 Å². The van der Waals surface area contributed by atoms with Gasteiger partial charge in [-0.3, -0.25) is 28.8 Å². The zero-order valence-electron chi connectivity index (χ0n) is 15.4. The van der Waals surface area contributed by atoms with E-state index >= 15 is 0 Å². The second-order valence-corrected chi connectivity index (χ2v) is 6.35. The van der Waals surface area contributed by atoms with Crippen LogP contribution in [0.4, 0.5) is 11.5 Å².